The predicted molar refractivity (Wildman–Crippen MR) is 66.5 cm³/mol. The van der Waals surface area contributed by atoms with Crippen molar-refractivity contribution < 1.29 is 13.9 Å². The van der Waals surface area contributed by atoms with E-state index in [2.05, 4.69) is 10.3 Å². The third-order valence-corrected chi connectivity index (χ3v) is 2.22. The van der Waals surface area contributed by atoms with Crippen LogP contribution in [0.4, 0.5) is 6.01 Å². The normalized spacial score (nSPS) is 9.68. The number of amides is 1. The number of aromatic nitrogens is 1. The molecule has 0 atom stereocenters. The number of carbonyl (C=O) groups is 1. The predicted octanol–water partition coefficient (Wildman–Crippen LogP) is 1.87. The molecule has 1 heterocycles. The monoisotopic (exact) mass is 257 g/mol. The molecule has 1 N–H and O–H groups in total. The lowest BCUT2D eigenvalue weighted by atomic mass is 10.2. The van der Waals surface area contributed by atoms with E-state index in [-0.39, 0.29) is 18.5 Å². The smallest absolute Gasteiger partial charge is 0.301 e. The molecule has 0 spiro atoms. The van der Waals surface area contributed by atoms with Gasteiger partial charge in [-0.2, -0.15) is 10.2 Å². The molecule has 1 amide bonds. The van der Waals surface area contributed by atoms with Crippen LogP contribution in [-0.4, -0.2) is 17.5 Å². The van der Waals surface area contributed by atoms with Crippen molar-refractivity contribution >= 4 is 11.9 Å². The Morgan fingerprint density at radius 2 is 2.21 bits per heavy atom. The Balaban J connectivity index is 1.84. The molecule has 0 aliphatic carbocycles. The van der Waals surface area contributed by atoms with E-state index < -0.39 is 0 Å². The van der Waals surface area contributed by atoms with Crippen molar-refractivity contribution in [3.05, 3.63) is 41.8 Å². The second kappa shape index (κ2) is 5.69. The van der Waals surface area contributed by atoms with Crippen molar-refractivity contribution in [1.29, 1.82) is 5.26 Å². The maximum atomic E-state index is 11.5. The summed E-state index contributed by atoms with van der Waals surface area (Å²) >= 11 is 0. The molecule has 2 rings (SSSR count). The van der Waals surface area contributed by atoms with Gasteiger partial charge in [0.2, 0.25) is 0 Å². The maximum absolute atomic E-state index is 11.5. The van der Waals surface area contributed by atoms with E-state index in [1.165, 1.54) is 6.26 Å². The molecular weight excluding hydrogens is 246 g/mol. The van der Waals surface area contributed by atoms with Crippen molar-refractivity contribution in [3.63, 3.8) is 0 Å². The lowest BCUT2D eigenvalue weighted by Gasteiger charge is -2.05. The fourth-order valence-corrected chi connectivity index (χ4v) is 1.34. The minimum atomic E-state index is -0.369. The summed E-state index contributed by atoms with van der Waals surface area (Å²) in [4.78, 5) is 15.5. The summed E-state index contributed by atoms with van der Waals surface area (Å²) in [7, 11) is 0. The van der Waals surface area contributed by atoms with Crippen LogP contribution in [0.5, 0.6) is 5.75 Å². The van der Waals surface area contributed by atoms with Crippen LogP contribution < -0.4 is 10.1 Å². The summed E-state index contributed by atoms with van der Waals surface area (Å²) < 4.78 is 10.2. The molecule has 19 heavy (non-hydrogen) atoms. The average Bonchev–Trinajstić information content (AvgIpc) is 2.82. The van der Waals surface area contributed by atoms with Crippen molar-refractivity contribution in [1.82, 2.24) is 4.98 Å². The minimum absolute atomic E-state index is 0.144. The number of anilines is 1. The number of ether oxygens (including phenoxy) is 1. The number of carbonyl (C=O) groups excluding carboxylic acids is 1. The van der Waals surface area contributed by atoms with Crippen LogP contribution in [0.15, 0.2) is 34.9 Å². The molecule has 6 nitrogen and oxygen atoms in total. The fraction of sp³-hybridized carbons (Fsp3) is 0.154. The summed E-state index contributed by atoms with van der Waals surface area (Å²) in [6.45, 7) is 1.60. The molecule has 1 aromatic carbocycles. The lowest BCUT2D eigenvalue weighted by molar-refractivity contribution is -0.118. The minimum Gasteiger partial charge on any atom is -0.484 e. The summed E-state index contributed by atoms with van der Waals surface area (Å²) in [5, 5.41) is 11.1. The first-order chi connectivity index (χ1) is 9.17. The maximum Gasteiger partial charge on any atom is 0.301 e. The average molecular weight is 257 g/mol. The Labute approximate surface area is 109 Å². The molecule has 0 radical (unpaired) electrons. The van der Waals surface area contributed by atoms with Crippen molar-refractivity contribution in [2.24, 2.45) is 0 Å². The summed E-state index contributed by atoms with van der Waals surface area (Å²) in [5.41, 5.74) is 1.22. The van der Waals surface area contributed by atoms with E-state index in [0.29, 0.717) is 17.0 Å². The lowest BCUT2D eigenvalue weighted by Crippen LogP contribution is -2.20. The first-order valence-corrected chi connectivity index (χ1v) is 5.52. The number of nitrogens with one attached hydrogen (secondary N) is 1. The number of benzene rings is 1. The number of hydrogen-bond donors (Lipinski definition) is 1. The molecule has 1 aromatic heterocycles. The van der Waals surface area contributed by atoms with Crippen LogP contribution >= 0.6 is 0 Å². The summed E-state index contributed by atoms with van der Waals surface area (Å²) in [5.74, 6) is 0.143. The Bertz CT molecular complexity index is 611. The third kappa shape index (κ3) is 3.57. The third-order valence-electron chi connectivity index (χ3n) is 2.22. The molecule has 0 saturated carbocycles. The first kappa shape index (κ1) is 12.6. The molecule has 0 aliphatic rings. The fourth-order valence-electron chi connectivity index (χ4n) is 1.34. The zero-order valence-corrected chi connectivity index (χ0v) is 10.2. The van der Waals surface area contributed by atoms with E-state index in [0.717, 1.165) is 0 Å². The van der Waals surface area contributed by atoms with E-state index in [9.17, 15) is 4.79 Å². The second-order valence-electron chi connectivity index (χ2n) is 3.77. The van der Waals surface area contributed by atoms with Gasteiger partial charge in [0.15, 0.2) is 6.61 Å². The highest BCUT2D eigenvalue weighted by Crippen LogP contribution is 2.11. The number of rotatable bonds is 4. The standard InChI is InChI=1S/C13H11N3O3/c1-9-7-19-13(15-9)16-12(17)8-18-11-4-2-10(6-14)3-5-11/h2-5,7H,8H2,1H3,(H,15,16,17). The zero-order valence-electron chi connectivity index (χ0n) is 10.2. The van der Waals surface area contributed by atoms with Crippen LogP contribution in [0.25, 0.3) is 0 Å². The summed E-state index contributed by atoms with van der Waals surface area (Å²) in [6, 6.07) is 8.63. The molecule has 0 unspecified atom stereocenters. The van der Waals surface area contributed by atoms with Crippen LogP contribution in [0, 0.1) is 18.3 Å². The largest absolute Gasteiger partial charge is 0.484 e. The van der Waals surface area contributed by atoms with Crippen LogP contribution in [-0.2, 0) is 4.79 Å². The van der Waals surface area contributed by atoms with E-state index >= 15 is 0 Å². The van der Waals surface area contributed by atoms with Gasteiger partial charge >= 0.3 is 6.01 Å². The van der Waals surface area contributed by atoms with Gasteiger partial charge in [-0.15, -0.1) is 0 Å². The summed E-state index contributed by atoms with van der Waals surface area (Å²) in [6.07, 6.45) is 1.44. The van der Waals surface area contributed by atoms with Gasteiger partial charge in [-0.3, -0.25) is 10.1 Å². The molecule has 2 aromatic rings. The van der Waals surface area contributed by atoms with Crippen molar-refractivity contribution in [2.75, 3.05) is 11.9 Å². The van der Waals surface area contributed by atoms with E-state index in [1.54, 1.807) is 31.2 Å². The molecule has 0 bridgehead atoms. The molecular formula is C13H11N3O3. The Kier molecular flexibility index (Phi) is 3.78. The van der Waals surface area contributed by atoms with Gasteiger partial charge in [0, 0.05) is 0 Å². The molecule has 0 fully saturated rings. The Morgan fingerprint density at radius 1 is 1.47 bits per heavy atom. The molecule has 96 valence electrons. The SMILES string of the molecule is Cc1coc(NC(=O)COc2ccc(C#N)cc2)n1. The van der Waals surface area contributed by atoms with Crippen LogP contribution in [0.2, 0.25) is 0 Å². The van der Waals surface area contributed by atoms with Crippen molar-refractivity contribution in [2.45, 2.75) is 6.92 Å². The second-order valence-corrected chi connectivity index (χ2v) is 3.77. The number of aryl methyl sites for hydroxylation is 1. The topological polar surface area (TPSA) is 88.1 Å². The Morgan fingerprint density at radius 3 is 2.79 bits per heavy atom. The first-order valence-electron chi connectivity index (χ1n) is 5.52. The highest BCUT2D eigenvalue weighted by Gasteiger charge is 2.07. The quantitative estimate of drug-likeness (QED) is 0.903. The molecule has 0 aliphatic heterocycles. The van der Waals surface area contributed by atoms with Crippen LogP contribution in [0.1, 0.15) is 11.3 Å². The van der Waals surface area contributed by atoms with E-state index in [4.69, 9.17) is 14.4 Å². The molecule has 6 heteroatoms. The van der Waals surface area contributed by atoms with Gasteiger partial charge in [0.1, 0.15) is 12.0 Å². The highest BCUT2D eigenvalue weighted by molar-refractivity contribution is 5.89. The number of oxazole rings is 1. The van der Waals surface area contributed by atoms with Gasteiger partial charge in [-0.25, -0.2) is 0 Å². The van der Waals surface area contributed by atoms with Gasteiger partial charge in [0.25, 0.3) is 5.91 Å². The highest BCUT2D eigenvalue weighted by atomic mass is 16.5. The van der Waals surface area contributed by atoms with Gasteiger partial charge in [0.05, 0.1) is 17.3 Å². The Hall–Kier alpha value is -2.81. The zero-order chi connectivity index (χ0) is 13.7. The number of nitriles is 1. The number of nitrogens with zero attached hydrogens (tertiary/aromatic N) is 2. The van der Waals surface area contributed by atoms with E-state index in [1.807, 2.05) is 6.07 Å². The van der Waals surface area contributed by atoms with Gasteiger partial charge < -0.3 is 9.15 Å². The number of hydrogen-bond acceptors (Lipinski definition) is 5. The van der Waals surface area contributed by atoms with Gasteiger partial charge in [-0.1, -0.05) is 0 Å². The molecule has 0 saturated heterocycles. The van der Waals surface area contributed by atoms with Crippen molar-refractivity contribution in [3.8, 4) is 11.8 Å². The van der Waals surface area contributed by atoms with Crippen LogP contribution in [0.3, 0.4) is 0 Å². The van der Waals surface area contributed by atoms with Gasteiger partial charge in [-0.05, 0) is 31.2 Å².